The molecule has 7 heteroatoms. The van der Waals surface area contributed by atoms with Crippen molar-refractivity contribution in [2.75, 3.05) is 6.54 Å². The first-order valence-corrected chi connectivity index (χ1v) is 6.47. The largest absolute Gasteiger partial charge is 0.366 e. The van der Waals surface area contributed by atoms with Gasteiger partial charge in [0.05, 0.1) is 4.90 Å². The van der Waals surface area contributed by atoms with Crippen LogP contribution in [0.25, 0.3) is 0 Å². The van der Waals surface area contributed by atoms with Gasteiger partial charge >= 0.3 is 0 Å². The second-order valence-corrected chi connectivity index (χ2v) is 5.36. The standard InChI is InChI=1S/C10H15N3O3S/c1-7(6-11)13-17(15,16)9-4-2-3-8(5-9)10(12)14/h2-5,7,13H,6,11H2,1H3,(H2,12,14)/t7-/m0/s1. The predicted octanol–water partition coefficient (Wildman–Crippen LogP) is -0.589. The fourth-order valence-electron chi connectivity index (χ4n) is 1.20. The molecular formula is C10H15N3O3S. The molecule has 0 spiro atoms. The van der Waals surface area contributed by atoms with E-state index >= 15 is 0 Å². The van der Waals surface area contributed by atoms with E-state index in [1.807, 2.05) is 0 Å². The molecule has 5 N–H and O–H groups in total. The molecule has 0 heterocycles. The van der Waals surface area contributed by atoms with Gasteiger partial charge in [0.25, 0.3) is 0 Å². The molecule has 94 valence electrons. The van der Waals surface area contributed by atoms with Gasteiger partial charge in [-0.15, -0.1) is 0 Å². The maximum absolute atomic E-state index is 11.9. The first-order valence-electron chi connectivity index (χ1n) is 4.99. The summed E-state index contributed by atoms with van der Waals surface area (Å²) in [7, 11) is -3.67. The molecule has 0 aromatic heterocycles. The minimum absolute atomic E-state index is 0.00546. The number of hydrogen-bond donors (Lipinski definition) is 3. The molecule has 0 fully saturated rings. The lowest BCUT2D eigenvalue weighted by Crippen LogP contribution is -2.37. The van der Waals surface area contributed by atoms with Crippen LogP contribution in [0, 0.1) is 0 Å². The summed E-state index contributed by atoms with van der Waals surface area (Å²) in [4.78, 5) is 10.9. The van der Waals surface area contributed by atoms with Crippen molar-refractivity contribution < 1.29 is 13.2 Å². The van der Waals surface area contributed by atoms with E-state index in [2.05, 4.69) is 4.72 Å². The quantitative estimate of drug-likeness (QED) is 0.654. The van der Waals surface area contributed by atoms with Gasteiger partial charge in [-0.25, -0.2) is 13.1 Å². The molecule has 0 unspecified atom stereocenters. The Hall–Kier alpha value is -1.44. The van der Waals surface area contributed by atoms with Crippen LogP contribution in [0.15, 0.2) is 29.2 Å². The van der Waals surface area contributed by atoms with E-state index in [1.54, 1.807) is 6.92 Å². The van der Waals surface area contributed by atoms with Gasteiger partial charge in [0.15, 0.2) is 0 Å². The van der Waals surface area contributed by atoms with Crippen LogP contribution in [0.1, 0.15) is 17.3 Å². The molecule has 0 aliphatic heterocycles. The Balaban J connectivity index is 3.07. The number of sulfonamides is 1. The van der Waals surface area contributed by atoms with E-state index in [1.165, 1.54) is 24.3 Å². The van der Waals surface area contributed by atoms with E-state index in [-0.39, 0.29) is 23.0 Å². The van der Waals surface area contributed by atoms with Gasteiger partial charge in [0, 0.05) is 18.2 Å². The molecule has 0 aliphatic carbocycles. The Kier molecular flexibility index (Phi) is 4.22. The number of rotatable bonds is 5. The third kappa shape index (κ3) is 3.52. The molecule has 0 aliphatic rings. The molecule has 6 nitrogen and oxygen atoms in total. The topological polar surface area (TPSA) is 115 Å². The van der Waals surface area contributed by atoms with Crippen LogP contribution in [0.4, 0.5) is 0 Å². The molecule has 1 aromatic carbocycles. The van der Waals surface area contributed by atoms with Crippen LogP contribution in [-0.4, -0.2) is 26.9 Å². The van der Waals surface area contributed by atoms with Gasteiger partial charge in [0.2, 0.25) is 15.9 Å². The summed E-state index contributed by atoms with van der Waals surface area (Å²) < 4.78 is 26.1. The highest BCUT2D eigenvalue weighted by Gasteiger charge is 2.17. The summed E-state index contributed by atoms with van der Waals surface area (Å²) in [6.45, 7) is 1.84. The molecule has 1 rings (SSSR count). The fraction of sp³-hybridized carbons (Fsp3) is 0.300. The third-order valence-electron chi connectivity index (χ3n) is 2.14. The van der Waals surface area contributed by atoms with Crippen LogP contribution in [0.3, 0.4) is 0 Å². The van der Waals surface area contributed by atoms with Crippen molar-refractivity contribution in [1.82, 2.24) is 4.72 Å². The third-order valence-corrected chi connectivity index (χ3v) is 3.73. The van der Waals surface area contributed by atoms with Crippen molar-refractivity contribution >= 4 is 15.9 Å². The SMILES string of the molecule is C[C@@H](CN)NS(=O)(=O)c1cccc(C(N)=O)c1. The number of primary amides is 1. The van der Waals surface area contributed by atoms with Gasteiger partial charge in [-0.3, -0.25) is 4.79 Å². The summed E-state index contributed by atoms with van der Waals surface area (Å²) in [6.07, 6.45) is 0. The van der Waals surface area contributed by atoms with Crippen molar-refractivity contribution in [3.05, 3.63) is 29.8 Å². The summed E-state index contributed by atoms with van der Waals surface area (Å²) in [5, 5.41) is 0. The Morgan fingerprint density at radius 3 is 2.65 bits per heavy atom. The molecule has 0 radical (unpaired) electrons. The van der Waals surface area contributed by atoms with Gasteiger partial charge in [-0.2, -0.15) is 0 Å². The van der Waals surface area contributed by atoms with E-state index in [9.17, 15) is 13.2 Å². The summed E-state index contributed by atoms with van der Waals surface area (Å²) in [5.41, 5.74) is 10.6. The Labute approximate surface area is 100 Å². The number of amides is 1. The van der Waals surface area contributed by atoms with Crippen molar-refractivity contribution in [3.63, 3.8) is 0 Å². The smallest absolute Gasteiger partial charge is 0.248 e. The average Bonchev–Trinajstić information content (AvgIpc) is 2.28. The minimum Gasteiger partial charge on any atom is -0.366 e. The molecule has 0 saturated carbocycles. The van der Waals surface area contributed by atoms with Gasteiger partial charge in [-0.05, 0) is 25.1 Å². The van der Waals surface area contributed by atoms with Gasteiger partial charge in [-0.1, -0.05) is 6.07 Å². The number of benzene rings is 1. The zero-order valence-electron chi connectivity index (χ0n) is 9.38. The van der Waals surface area contributed by atoms with Crippen LogP contribution in [0.2, 0.25) is 0 Å². The zero-order chi connectivity index (χ0) is 13.1. The molecule has 0 saturated heterocycles. The maximum atomic E-state index is 11.9. The normalized spacial score (nSPS) is 13.3. The zero-order valence-corrected chi connectivity index (χ0v) is 10.2. The van der Waals surface area contributed by atoms with Crippen molar-refractivity contribution in [2.24, 2.45) is 11.5 Å². The van der Waals surface area contributed by atoms with Crippen LogP contribution >= 0.6 is 0 Å². The molecule has 1 atom stereocenters. The molecule has 17 heavy (non-hydrogen) atoms. The first kappa shape index (κ1) is 13.6. The monoisotopic (exact) mass is 257 g/mol. The van der Waals surface area contributed by atoms with Crippen LogP contribution in [0.5, 0.6) is 0 Å². The van der Waals surface area contributed by atoms with E-state index in [4.69, 9.17) is 11.5 Å². The fourth-order valence-corrected chi connectivity index (χ4v) is 2.50. The molecule has 0 bridgehead atoms. The van der Waals surface area contributed by atoms with Crippen LogP contribution in [-0.2, 0) is 10.0 Å². The van der Waals surface area contributed by atoms with Crippen molar-refractivity contribution in [1.29, 1.82) is 0 Å². The lowest BCUT2D eigenvalue weighted by atomic mass is 10.2. The second-order valence-electron chi connectivity index (χ2n) is 3.65. The molecule has 1 amide bonds. The Morgan fingerprint density at radius 2 is 2.12 bits per heavy atom. The van der Waals surface area contributed by atoms with E-state index in [0.717, 1.165) is 0 Å². The lowest BCUT2D eigenvalue weighted by Gasteiger charge is -2.12. The average molecular weight is 257 g/mol. The summed E-state index contributed by atoms with van der Waals surface area (Å²) in [6, 6.07) is 5.15. The number of carbonyl (C=O) groups excluding carboxylic acids is 1. The number of hydrogen-bond acceptors (Lipinski definition) is 4. The summed E-state index contributed by atoms with van der Waals surface area (Å²) in [5.74, 6) is -0.672. The van der Waals surface area contributed by atoms with Gasteiger partial charge < -0.3 is 11.5 Å². The Morgan fingerprint density at radius 1 is 1.47 bits per heavy atom. The lowest BCUT2D eigenvalue weighted by molar-refractivity contribution is 0.1000. The predicted molar refractivity (Wildman–Crippen MR) is 63.8 cm³/mol. The van der Waals surface area contributed by atoms with Crippen molar-refractivity contribution in [2.45, 2.75) is 17.9 Å². The number of carbonyl (C=O) groups is 1. The first-order chi connectivity index (χ1) is 7.86. The Bertz CT molecular complexity index is 513. The molecular weight excluding hydrogens is 242 g/mol. The highest BCUT2D eigenvalue weighted by molar-refractivity contribution is 7.89. The summed E-state index contributed by atoms with van der Waals surface area (Å²) >= 11 is 0. The van der Waals surface area contributed by atoms with Crippen molar-refractivity contribution in [3.8, 4) is 0 Å². The second kappa shape index (κ2) is 5.26. The van der Waals surface area contributed by atoms with E-state index in [0.29, 0.717) is 0 Å². The number of nitrogens with one attached hydrogen (secondary N) is 1. The van der Waals surface area contributed by atoms with Gasteiger partial charge in [0.1, 0.15) is 0 Å². The van der Waals surface area contributed by atoms with E-state index < -0.39 is 15.9 Å². The molecule has 1 aromatic rings. The highest BCUT2D eigenvalue weighted by Crippen LogP contribution is 2.11. The maximum Gasteiger partial charge on any atom is 0.248 e. The van der Waals surface area contributed by atoms with Crippen LogP contribution < -0.4 is 16.2 Å². The highest BCUT2D eigenvalue weighted by atomic mass is 32.2. The minimum atomic E-state index is -3.67. The number of nitrogens with two attached hydrogens (primary N) is 2.